The van der Waals surface area contributed by atoms with Gasteiger partial charge in [0.15, 0.2) is 0 Å². The number of nitrogens with zero attached hydrogens (tertiary/aromatic N) is 1. The van der Waals surface area contributed by atoms with Crippen LogP contribution in [0.5, 0.6) is 0 Å². The lowest BCUT2D eigenvalue weighted by atomic mass is 10.1. The van der Waals surface area contributed by atoms with E-state index in [4.69, 9.17) is 0 Å². The minimum absolute atomic E-state index is 0. The maximum absolute atomic E-state index is 13.4. The van der Waals surface area contributed by atoms with Gasteiger partial charge in [-0.3, -0.25) is 14.4 Å². The van der Waals surface area contributed by atoms with E-state index in [1.165, 1.54) is 21.2 Å². The van der Waals surface area contributed by atoms with E-state index in [0.717, 1.165) is 0 Å². The molecule has 0 aliphatic rings. The van der Waals surface area contributed by atoms with Gasteiger partial charge >= 0.3 is 0 Å². The van der Waals surface area contributed by atoms with E-state index in [1.807, 2.05) is 132 Å². The number of para-hydroxylation sites is 6. The first-order chi connectivity index (χ1) is 35.0. The van der Waals surface area contributed by atoms with Crippen LogP contribution in [0.15, 0.2) is 285 Å². The number of anilines is 6. The second-order valence-corrected chi connectivity index (χ2v) is 19.8. The molecule has 0 aliphatic heterocycles. The highest BCUT2D eigenvalue weighted by Crippen LogP contribution is 2.54. The lowest BCUT2D eigenvalue weighted by molar-refractivity contribution is -0.0000355. The number of hydrogen-bond donors (Lipinski definition) is 3. The number of carbonyl (C=O) groups is 3. The standard InChI is InChI=1S/C39H30N4O3.C24H20P.ClH/c44-37(28-16-4-1-5-17-28)40-31-22-10-13-25-34(31)43(35-26-14-11-23-32(35)41-38(45)29-18-6-2-7-19-29)36-27-15-12-24-33(36)42-39(46)30-20-8-3-9-21-30;1-5-13-21(14-6-1)25(22-15-7-2-8-16-22,23-17-9-3-10-18-23)24-19-11-4-12-20-24;/h1-27H,(H,40,44)(H,41,45)(H,42,46);1-20H;1H/q;+1;/p-1. The van der Waals surface area contributed by atoms with Crippen LogP contribution in [0.1, 0.15) is 31.1 Å². The quantitative estimate of drug-likeness (QED) is 0.100. The summed E-state index contributed by atoms with van der Waals surface area (Å²) in [6, 6.07) is 93.0. The fraction of sp³-hybridized carbons (Fsp3) is 0. The summed E-state index contributed by atoms with van der Waals surface area (Å²) >= 11 is 0. The lowest BCUT2D eigenvalue weighted by Gasteiger charge is -2.31. The summed E-state index contributed by atoms with van der Waals surface area (Å²) in [7, 11) is -1.91. The van der Waals surface area contributed by atoms with Gasteiger partial charge in [0.25, 0.3) is 17.7 Å². The molecular formula is C63H50ClN4O3P. The van der Waals surface area contributed by atoms with E-state index in [2.05, 4.69) is 137 Å². The number of carbonyl (C=O) groups excluding carboxylic acids is 3. The molecule has 9 heteroatoms. The highest BCUT2D eigenvalue weighted by molar-refractivity contribution is 8.01. The average Bonchev–Trinajstić information content (AvgIpc) is 3.44. The molecule has 10 aromatic rings. The molecule has 0 saturated carbocycles. The molecule has 0 spiro atoms. The minimum Gasteiger partial charge on any atom is -1.00 e. The maximum atomic E-state index is 13.4. The Morgan fingerprint density at radius 1 is 0.264 bits per heavy atom. The topological polar surface area (TPSA) is 90.5 Å². The molecule has 0 atom stereocenters. The van der Waals surface area contributed by atoms with Crippen molar-refractivity contribution in [3.05, 3.63) is 302 Å². The number of benzene rings is 10. The number of amides is 3. The van der Waals surface area contributed by atoms with Crippen LogP contribution < -0.4 is 54.5 Å². The number of hydrogen-bond acceptors (Lipinski definition) is 4. The summed E-state index contributed by atoms with van der Waals surface area (Å²) in [6.45, 7) is 0. The first-order valence-corrected chi connectivity index (χ1v) is 25.1. The highest BCUT2D eigenvalue weighted by Gasteiger charge is 2.47. The molecule has 3 N–H and O–H groups in total. The fourth-order valence-corrected chi connectivity index (χ4v) is 12.8. The molecular weight excluding hydrogens is 927 g/mol. The summed E-state index contributed by atoms with van der Waals surface area (Å²) < 4.78 is 0. The smallest absolute Gasteiger partial charge is 0.255 e. The monoisotopic (exact) mass is 976 g/mol. The number of rotatable bonds is 13. The van der Waals surface area contributed by atoms with E-state index < -0.39 is 7.26 Å². The summed E-state index contributed by atoms with van der Waals surface area (Å²) in [5, 5.41) is 14.7. The molecule has 0 unspecified atom stereocenters. The van der Waals surface area contributed by atoms with Gasteiger partial charge in [0, 0.05) is 16.7 Å². The zero-order valence-electron chi connectivity index (χ0n) is 39.1. The van der Waals surface area contributed by atoms with Crippen molar-refractivity contribution >= 4 is 80.3 Å². The van der Waals surface area contributed by atoms with Crippen LogP contribution in [0, 0.1) is 0 Å². The van der Waals surface area contributed by atoms with Gasteiger partial charge in [-0.2, -0.15) is 0 Å². The van der Waals surface area contributed by atoms with Crippen LogP contribution in [0.2, 0.25) is 0 Å². The van der Waals surface area contributed by atoms with Crippen LogP contribution in [0.4, 0.5) is 34.1 Å². The van der Waals surface area contributed by atoms with E-state index in [-0.39, 0.29) is 30.1 Å². The molecule has 0 bridgehead atoms. The molecule has 0 saturated heterocycles. The van der Waals surface area contributed by atoms with Crippen molar-refractivity contribution < 1.29 is 26.8 Å². The zero-order chi connectivity index (χ0) is 48.7. The van der Waals surface area contributed by atoms with Crippen molar-refractivity contribution in [1.82, 2.24) is 0 Å². The largest absolute Gasteiger partial charge is 1.00 e. The molecule has 10 aromatic carbocycles. The first kappa shape index (κ1) is 49.5. The van der Waals surface area contributed by atoms with Gasteiger partial charge in [0.2, 0.25) is 0 Å². The van der Waals surface area contributed by atoms with Crippen molar-refractivity contribution in [2.24, 2.45) is 0 Å². The second-order valence-electron chi connectivity index (χ2n) is 16.4. The van der Waals surface area contributed by atoms with Crippen LogP contribution >= 0.6 is 7.26 Å². The van der Waals surface area contributed by atoms with E-state index in [1.54, 1.807) is 36.4 Å². The van der Waals surface area contributed by atoms with Gasteiger partial charge in [-0.1, -0.05) is 164 Å². The Hall–Kier alpha value is -8.87. The predicted octanol–water partition coefficient (Wildman–Crippen LogP) is 10.2. The highest BCUT2D eigenvalue weighted by atomic mass is 35.5. The van der Waals surface area contributed by atoms with Crippen LogP contribution in [0.3, 0.4) is 0 Å². The van der Waals surface area contributed by atoms with Gasteiger partial charge in [0.1, 0.15) is 28.5 Å². The molecule has 0 fully saturated rings. The average molecular weight is 978 g/mol. The molecule has 10 rings (SSSR count). The van der Waals surface area contributed by atoms with Gasteiger partial charge in [-0.05, 0) is 121 Å². The Balaban J connectivity index is 0.000000224. The van der Waals surface area contributed by atoms with Crippen molar-refractivity contribution in [1.29, 1.82) is 0 Å². The van der Waals surface area contributed by atoms with Crippen molar-refractivity contribution in [3.8, 4) is 0 Å². The normalized spacial score (nSPS) is 10.6. The molecule has 352 valence electrons. The van der Waals surface area contributed by atoms with Gasteiger partial charge in [-0.25, -0.2) is 0 Å². The van der Waals surface area contributed by atoms with Crippen molar-refractivity contribution in [2.45, 2.75) is 0 Å². The molecule has 0 heterocycles. The van der Waals surface area contributed by atoms with E-state index in [0.29, 0.717) is 50.8 Å². The third kappa shape index (κ3) is 11.3. The van der Waals surface area contributed by atoms with Crippen LogP contribution in [-0.2, 0) is 0 Å². The molecule has 72 heavy (non-hydrogen) atoms. The van der Waals surface area contributed by atoms with Crippen molar-refractivity contribution in [2.75, 3.05) is 20.9 Å². The molecule has 7 nitrogen and oxygen atoms in total. The van der Waals surface area contributed by atoms with Crippen molar-refractivity contribution in [3.63, 3.8) is 0 Å². The van der Waals surface area contributed by atoms with Crippen LogP contribution in [-0.4, -0.2) is 17.7 Å². The molecule has 0 radical (unpaired) electrons. The lowest BCUT2D eigenvalue weighted by Crippen LogP contribution is -3.00. The Morgan fingerprint density at radius 2 is 0.458 bits per heavy atom. The van der Waals surface area contributed by atoms with E-state index >= 15 is 0 Å². The molecule has 3 amide bonds. The Bertz CT molecular complexity index is 2940. The number of halogens is 1. The first-order valence-electron chi connectivity index (χ1n) is 23.3. The Labute approximate surface area is 427 Å². The summed E-state index contributed by atoms with van der Waals surface area (Å²) in [5.74, 6) is -0.821. The van der Waals surface area contributed by atoms with E-state index in [9.17, 15) is 14.4 Å². The summed E-state index contributed by atoms with van der Waals surface area (Å²) in [4.78, 5) is 42.0. The summed E-state index contributed by atoms with van der Waals surface area (Å²) in [5.41, 5.74) is 4.98. The third-order valence-electron chi connectivity index (χ3n) is 11.9. The molecule has 0 aromatic heterocycles. The SMILES string of the molecule is O=C(Nc1ccccc1N(c1ccccc1NC(=O)c1ccccc1)c1ccccc1NC(=O)c1ccccc1)c1ccccc1.[Cl-].c1ccc([P+](c2ccccc2)(c2ccccc2)c2ccccc2)cc1. The summed E-state index contributed by atoms with van der Waals surface area (Å²) in [6.07, 6.45) is 0. The predicted molar refractivity (Wildman–Crippen MR) is 296 cm³/mol. The number of nitrogens with one attached hydrogen (secondary N) is 3. The Kier molecular flexibility index (Phi) is 16.6. The zero-order valence-corrected chi connectivity index (χ0v) is 40.8. The third-order valence-corrected chi connectivity index (χ3v) is 16.2. The van der Waals surface area contributed by atoms with Gasteiger partial charge in [0.05, 0.1) is 34.1 Å². The maximum Gasteiger partial charge on any atom is 0.255 e. The van der Waals surface area contributed by atoms with Gasteiger partial charge < -0.3 is 33.3 Å². The minimum atomic E-state index is -1.91. The fourth-order valence-electron chi connectivity index (χ4n) is 8.57. The van der Waals surface area contributed by atoms with Gasteiger partial charge in [-0.15, -0.1) is 0 Å². The molecule has 0 aliphatic carbocycles. The van der Waals surface area contributed by atoms with Crippen LogP contribution in [0.25, 0.3) is 0 Å². The Morgan fingerprint density at radius 3 is 0.694 bits per heavy atom. The second kappa shape index (κ2) is 24.1.